The Bertz CT molecular complexity index is 360. The molecule has 0 aliphatic carbocycles. The number of hydrogen-bond acceptors (Lipinski definition) is 3. The van der Waals surface area contributed by atoms with Gasteiger partial charge in [-0.2, -0.15) is 0 Å². The molecule has 0 atom stereocenters. The number of ether oxygens (including phenoxy) is 1. The SMILES string of the molecule is COCCCNC(=O)CCn1cccc1C=O. The van der Waals surface area contributed by atoms with Crippen molar-refractivity contribution < 1.29 is 14.3 Å². The van der Waals surface area contributed by atoms with E-state index >= 15 is 0 Å². The lowest BCUT2D eigenvalue weighted by molar-refractivity contribution is -0.121. The van der Waals surface area contributed by atoms with Crippen molar-refractivity contribution in [3.63, 3.8) is 0 Å². The Labute approximate surface area is 101 Å². The van der Waals surface area contributed by atoms with Gasteiger partial charge < -0.3 is 14.6 Å². The summed E-state index contributed by atoms with van der Waals surface area (Å²) in [7, 11) is 1.63. The van der Waals surface area contributed by atoms with Crippen molar-refractivity contribution in [1.29, 1.82) is 0 Å². The molecule has 17 heavy (non-hydrogen) atoms. The number of rotatable bonds is 8. The summed E-state index contributed by atoms with van der Waals surface area (Å²) in [6, 6.07) is 3.52. The predicted molar refractivity (Wildman–Crippen MR) is 63.9 cm³/mol. The molecule has 0 aliphatic heterocycles. The summed E-state index contributed by atoms with van der Waals surface area (Å²) in [5, 5.41) is 2.80. The van der Waals surface area contributed by atoms with E-state index in [1.54, 1.807) is 30.0 Å². The Balaban J connectivity index is 2.21. The lowest BCUT2D eigenvalue weighted by atomic mass is 10.3. The molecule has 1 aromatic heterocycles. The number of nitrogens with zero attached hydrogens (tertiary/aromatic N) is 1. The second-order valence-electron chi connectivity index (χ2n) is 3.69. The third-order valence-electron chi connectivity index (χ3n) is 2.41. The second kappa shape index (κ2) is 7.62. The van der Waals surface area contributed by atoms with Crippen molar-refractivity contribution in [2.75, 3.05) is 20.3 Å². The van der Waals surface area contributed by atoms with Gasteiger partial charge in [-0.05, 0) is 18.6 Å². The molecule has 0 bridgehead atoms. The number of aryl methyl sites for hydroxylation is 1. The van der Waals surface area contributed by atoms with Gasteiger partial charge in [-0.1, -0.05) is 0 Å². The number of methoxy groups -OCH3 is 1. The van der Waals surface area contributed by atoms with E-state index in [9.17, 15) is 9.59 Å². The average molecular weight is 238 g/mol. The number of amides is 1. The highest BCUT2D eigenvalue weighted by Gasteiger charge is 2.03. The molecule has 0 aliphatic rings. The standard InChI is InChI=1S/C12H18N2O3/c1-17-9-3-6-13-12(16)5-8-14-7-2-4-11(14)10-15/h2,4,7,10H,3,5-6,8-9H2,1H3,(H,13,16). The molecule has 0 fully saturated rings. The highest BCUT2D eigenvalue weighted by Crippen LogP contribution is 2.00. The highest BCUT2D eigenvalue weighted by atomic mass is 16.5. The van der Waals surface area contributed by atoms with Gasteiger partial charge in [0.15, 0.2) is 6.29 Å². The Hall–Kier alpha value is -1.62. The van der Waals surface area contributed by atoms with Crippen molar-refractivity contribution in [3.05, 3.63) is 24.0 Å². The van der Waals surface area contributed by atoms with Gasteiger partial charge >= 0.3 is 0 Å². The van der Waals surface area contributed by atoms with Crippen LogP contribution in [0.3, 0.4) is 0 Å². The molecule has 94 valence electrons. The van der Waals surface area contributed by atoms with Crippen LogP contribution in [0.15, 0.2) is 18.3 Å². The Morgan fingerprint density at radius 3 is 3.12 bits per heavy atom. The van der Waals surface area contributed by atoms with Crippen LogP contribution in [0.4, 0.5) is 0 Å². The van der Waals surface area contributed by atoms with Crippen LogP contribution in [0.5, 0.6) is 0 Å². The molecule has 0 aromatic carbocycles. The number of carbonyl (C=O) groups is 2. The van der Waals surface area contributed by atoms with Crippen LogP contribution in [-0.2, 0) is 16.1 Å². The molecule has 1 heterocycles. The lowest BCUT2D eigenvalue weighted by Crippen LogP contribution is -2.26. The Morgan fingerprint density at radius 2 is 2.41 bits per heavy atom. The number of aromatic nitrogens is 1. The number of carbonyl (C=O) groups excluding carboxylic acids is 2. The fraction of sp³-hybridized carbons (Fsp3) is 0.500. The van der Waals surface area contributed by atoms with Crippen LogP contribution < -0.4 is 5.32 Å². The maximum atomic E-state index is 11.4. The van der Waals surface area contributed by atoms with Crippen LogP contribution in [-0.4, -0.2) is 37.0 Å². The van der Waals surface area contributed by atoms with Crippen molar-refractivity contribution in [2.24, 2.45) is 0 Å². The van der Waals surface area contributed by atoms with Crippen LogP contribution in [0, 0.1) is 0 Å². The zero-order valence-electron chi connectivity index (χ0n) is 10.0. The van der Waals surface area contributed by atoms with Gasteiger partial charge in [0, 0.05) is 39.4 Å². The predicted octanol–water partition coefficient (Wildman–Crippen LogP) is 0.843. The summed E-state index contributed by atoms with van der Waals surface area (Å²) in [6.07, 6.45) is 3.77. The van der Waals surface area contributed by atoms with Crippen molar-refractivity contribution in [3.8, 4) is 0 Å². The summed E-state index contributed by atoms with van der Waals surface area (Å²) in [5.41, 5.74) is 0.595. The van der Waals surface area contributed by atoms with E-state index < -0.39 is 0 Å². The third-order valence-corrected chi connectivity index (χ3v) is 2.41. The molecular formula is C12H18N2O3. The maximum absolute atomic E-state index is 11.4. The maximum Gasteiger partial charge on any atom is 0.221 e. The van der Waals surface area contributed by atoms with Gasteiger partial charge in [0.2, 0.25) is 5.91 Å². The Kier molecular flexibility index (Phi) is 6.03. The highest BCUT2D eigenvalue weighted by molar-refractivity contribution is 5.76. The first kappa shape index (κ1) is 13.4. The molecule has 5 nitrogen and oxygen atoms in total. The minimum absolute atomic E-state index is 0.00773. The number of aldehydes is 1. The molecule has 1 N–H and O–H groups in total. The van der Waals surface area contributed by atoms with Gasteiger partial charge in [-0.25, -0.2) is 0 Å². The third kappa shape index (κ3) is 4.82. The summed E-state index contributed by atoms with van der Waals surface area (Å²) in [6.45, 7) is 1.79. The number of hydrogen-bond donors (Lipinski definition) is 1. The van der Waals surface area contributed by atoms with Gasteiger partial charge in [-0.15, -0.1) is 0 Å². The first-order valence-corrected chi connectivity index (χ1v) is 5.64. The monoisotopic (exact) mass is 238 g/mol. The zero-order chi connectivity index (χ0) is 12.5. The lowest BCUT2D eigenvalue weighted by Gasteiger charge is -2.06. The van der Waals surface area contributed by atoms with E-state index in [2.05, 4.69) is 5.32 Å². The van der Waals surface area contributed by atoms with E-state index in [1.807, 2.05) is 0 Å². The Morgan fingerprint density at radius 1 is 1.59 bits per heavy atom. The molecule has 1 rings (SSSR count). The van der Waals surface area contributed by atoms with Gasteiger partial charge in [0.1, 0.15) is 0 Å². The van der Waals surface area contributed by atoms with Crippen molar-refractivity contribution in [1.82, 2.24) is 9.88 Å². The molecule has 0 radical (unpaired) electrons. The topological polar surface area (TPSA) is 60.3 Å². The smallest absolute Gasteiger partial charge is 0.221 e. The normalized spacial score (nSPS) is 10.2. The van der Waals surface area contributed by atoms with Crippen LogP contribution in [0.1, 0.15) is 23.3 Å². The van der Waals surface area contributed by atoms with Gasteiger partial charge in [-0.3, -0.25) is 9.59 Å². The molecule has 0 spiro atoms. The fourth-order valence-electron chi connectivity index (χ4n) is 1.49. The molecule has 0 unspecified atom stereocenters. The van der Waals surface area contributed by atoms with E-state index in [0.717, 1.165) is 12.7 Å². The zero-order valence-corrected chi connectivity index (χ0v) is 10.0. The fourth-order valence-corrected chi connectivity index (χ4v) is 1.49. The van der Waals surface area contributed by atoms with E-state index in [4.69, 9.17) is 4.74 Å². The minimum atomic E-state index is -0.00773. The molecule has 1 amide bonds. The van der Waals surface area contributed by atoms with Crippen LogP contribution >= 0.6 is 0 Å². The van der Waals surface area contributed by atoms with Gasteiger partial charge in [0.05, 0.1) is 5.69 Å². The molecular weight excluding hydrogens is 220 g/mol. The first-order chi connectivity index (χ1) is 8.27. The largest absolute Gasteiger partial charge is 0.385 e. The average Bonchev–Trinajstić information content (AvgIpc) is 2.79. The van der Waals surface area contributed by atoms with Crippen molar-refractivity contribution >= 4 is 12.2 Å². The minimum Gasteiger partial charge on any atom is -0.385 e. The summed E-state index contributed by atoms with van der Waals surface area (Å²) in [4.78, 5) is 22.1. The summed E-state index contributed by atoms with van der Waals surface area (Å²) < 4.78 is 6.64. The van der Waals surface area contributed by atoms with Gasteiger partial charge in [0.25, 0.3) is 0 Å². The van der Waals surface area contributed by atoms with Crippen LogP contribution in [0.2, 0.25) is 0 Å². The molecule has 0 saturated carbocycles. The van der Waals surface area contributed by atoms with Crippen molar-refractivity contribution in [2.45, 2.75) is 19.4 Å². The quantitative estimate of drug-likeness (QED) is 0.539. The number of nitrogens with one attached hydrogen (secondary N) is 1. The molecule has 1 aromatic rings. The van der Waals surface area contributed by atoms with E-state index in [1.165, 1.54) is 0 Å². The van der Waals surface area contributed by atoms with E-state index in [-0.39, 0.29) is 5.91 Å². The first-order valence-electron chi connectivity index (χ1n) is 5.64. The molecule has 5 heteroatoms. The van der Waals surface area contributed by atoms with E-state index in [0.29, 0.717) is 31.8 Å². The second-order valence-corrected chi connectivity index (χ2v) is 3.69. The summed E-state index contributed by atoms with van der Waals surface area (Å²) in [5.74, 6) is -0.00773. The summed E-state index contributed by atoms with van der Waals surface area (Å²) >= 11 is 0. The van der Waals surface area contributed by atoms with Crippen LogP contribution in [0.25, 0.3) is 0 Å². The molecule has 0 saturated heterocycles.